The van der Waals surface area contributed by atoms with E-state index in [9.17, 15) is 9.59 Å². The predicted molar refractivity (Wildman–Crippen MR) is 103 cm³/mol. The number of fused-ring (bicyclic) bond motifs is 1. The Balaban J connectivity index is 1.40. The van der Waals surface area contributed by atoms with Gasteiger partial charge < -0.3 is 10.6 Å². The van der Waals surface area contributed by atoms with Crippen LogP contribution >= 0.6 is 0 Å². The summed E-state index contributed by atoms with van der Waals surface area (Å²) in [5.74, 6) is 0.967. The molecule has 8 nitrogen and oxygen atoms in total. The van der Waals surface area contributed by atoms with Crippen LogP contribution < -0.4 is 16.0 Å². The molecule has 1 atom stereocenters. The third-order valence-corrected chi connectivity index (χ3v) is 4.75. The zero-order valence-corrected chi connectivity index (χ0v) is 15.1. The highest BCUT2D eigenvalue weighted by Gasteiger charge is 2.30. The van der Waals surface area contributed by atoms with Crippen LogP contribution in [0.4, 0.5) is 16.4 Å². The second-order valence-electron chi connectivity index (χ2n) is 6.95. The molecular formula is C19H22N6O2. The Kier molecular flexibility index (Phi) is 4.62. The van der Waals surface area contributed by atoms with E-state index in [0.717, 1.165) is 31.3 Å². The fourth-order valence-corrected chi connectivity index (χ4v) is 3.03. The number of allylic oxidation sites excluding steroid dienone is 2. The van der Waals surface area contributed by atoms with Gasteiger partial charge in [0.15, 0.2) is 5.82 Å². The van der Waals surface area contributed by atoms with Crippen LogP contribution in [0, 0.1) is 5.92 Å². The Morgan fingerprint density at radius 1 is 1.26 bits per heavy atom. The second kappa shape index (κ2) is 7.22. The standard InChI is InChI=1S/C19H22N6O2/c1-11(12-5-3-2-4-6-12)21-19(27)22-16-9-15-14(10-20-16)17(25-24-15)23-18(26)13-7-8-13/h3,5-6,9-11,13H,2,4,7-8H2,1H3,(H2,20,21,22,27)(H2,23,24,25,26). The SMILES string of the molecule is CC(NC(=O)Nc1cc2[nH]nc(NC(=O)C3CC3)c2cn1)C1=CCCC=C1. The highest BCUT2D eigenvalue weighted by atomic mass is 16.2. The van der Waals surface area contributed by atoms with Gasteiger partial charge in [-0.3, -0.25) is 15.2 Å². The first-order chi connectivity index (χ1) is 13.1. The molecule has 2 aromatic heterocycles. The molecule has 4 rings (SSSR count). The number of amides is 3. The Labute approximate surface area is 156 Å². The van der Waals surface area contributed by atoms with Gasteiger partial charge in [-0.15, -0.1) is 0 Å². The highest BCUT2D eigenvalue weighted by Crippen LogP contribution is 2.31. The van der Waals surface area contributed by atoms with Crippen molar-refractivity contribution in [3.8, 4) is 0 Å². The van der Waals surface area contributed by atoms with E-state index in [4.69, 9.17) is 0 Å². The zero-order valence-electron chi connectivity index (χ0n) is 15.1. The van der Waals surface area contributed by atoms with Gasteiger partial charge in [0.25, 0.3) is 0 Å². The molecule has 0 saturated heterocycles. The topological polar surface area (TPSA) is 112 Å². The molecule has 1 fully saturated rings. The molecule has 4 N–H and O–H groups in total. The molecule has 2 aliphatic carbocycles. The van der Waals surface area contributed by atoms with E-state index in [2.05, 4.69) is 43.3 Å². The number of H-pyrrole nitrogens is 1. The number of carbonyl (C=O) groups excluding carboxylic acids is 2. The molecule has 2 aliphatic rings. The number of rotatable bonds is 5. The summed E-state index contributed by atoms with van der Waals surface area (Å²) < 4.78 is 0. The summed E-state index contributed by atoms with van der Waals surface area (Å²) in [4.78, 5) is 28.4. The number of aromatic nitrogens is 3. The fourth-order valence-electron chi connectivity index (χ4n) is 3.03. The van der Waals surface area contributed by atoms with Crippen LogP contribution in [0.3, 0.4) is 0 Å². The number of nitrogens with zero attached hydrogens (tertiary/aromatic N) is 2. The summed E-state index contributed by atoms with van der Waals surface area (Å²) >= 11 is 0. The van der Waals surface area contributed by atoms with Gasteiger partial charge >= 0.3 is 6.03 Å². The predicted octanol–water partition coefficient (Wildman–Crippen LogP) is 3.09. The molecule has 1 unspecified atom stereocenters. The lowest BCUT2D eigenvalue weighted by Gasteiger charge is -2.17. The van der Waals surface area contributed by atoms with E-state index in [1.807, 2.05) is 13.0 Å². The van der Waals surface area contributed by atoms with Gasteiger partial charge in [-0.05, 0) is 38.2 Å². The Morgan fingerprint density at radius 3 is 2.85 bits per heavy atom. The molecular weight excluding hydrogens is 344 g/mol. The van der Waals surface area contributed by atoms with Crippen molar-refractivity contribution in [1.82, 2.24) is 20.5 Å². The second-order valence-corrected chi connectivity index (χ2v) is 6.95. The first kappa shape index (κ1) is 17.3. The van der Waals surface area contributed by atoms with E-state index in [1.165, 1.54) is 0 Å². The minimum atomic E-state index is -0.323. The van der Waals surface area contributed by atoms with Crippen LogP contribution in [0.25, 0.3) is 10.9 Å². The number of anilines is 2. The lowest BCUT2D eigenvalue weighted by atomic mass is 10.0. The monoisotopic (exact) mass is 366 g/mol. The largest absolute Gasteiger partial charge is 0.331 e. The lowest BCUT2D eigenvalue weighted by molar-refractivity contribution is -0.117. The number of urea groups is 1. The lowest BCUT2D eigenvalue weighted by Crippen LogP contribution is -2.37. The quantitative estimate of drug-likeness (QED) is 0.651. The van der Waals surface area contributed by atoms with Crippen molar-refractivity contribution >= 4 is 34.5 Å². The van der Waals surface area contributed by atoms with Gasteiger partial charge in [0, 0.05) is 18.2 Å². The normalized spacial score (nSPS) is 17.3. The van der Waals surface area contributed by atoms with Crippen molar-refractivity contribution in [3.63, 3.8) is 0 Å². The summed E-state index contributed by atoms with van der Waals surface area (Å²) in [6.07, 6.45) is 11.8. The summed E-state index contributed by atoms with van der Waals surface area (Å²) in [6.45, 7) is 1.95. The maximum atomic E-state index is 12.2. The highest BCUT2D eigenvalue weighted by molar-refractivity contribution is 6.01. The molecule has 27 heavy (non-hydrogen) atoms. The average molecular weight is 366 g/mol. The molecule has 2 aromatic rings. The van der Waals surface area contributed by atoms with E-state index in [0.29, 0.717) is 22.5 Å². The van der Waals surface area contributed by atoms with E-state index in [1.54, 1.807) is 12.3 Å². The van der Waals surface area contributed by atoms with Crippen molar-refractivity contribution in [1.29, 1.82) is 0 Å². The molecule has 0 spiro atoms. The van der Waals surface area contributed by atoms with E-state index >= 15 is 0 Å². The summed E-state index contributed by atoms with van der Waals surface area (Å²) in [7, 11) is 0. The minimum Gasteiger partial charge on any atom is -0.331 e. The molecule has 140 valence electrons. The van der Waals surface area contributed by atoms with Crippen molar-refractivity contribution in [2.24, 2.45) is 5.92 Å². The molecule has 0 bridgehead atoms. The summed E-state index contributed by atoms with van der Waals surface area (Å²) in [6, 6.07) is 1.29. The van der Waals surface area contributed by atoms with Crippen LogP contribution in [-0.2, 0) is 4.79 Å². The van der Waals surface area contributed by atoms with Crippen LogP contribution in [0.5, 0.6) is 0 Å². The van der Waals surface area contributed by atoms with Crippen molar-refractivity contribution < 1.29 is 9.59 Å². The van der Waals surface area contributed by atoms with E-state index in [-0.39, 0.29) is 23.9 Å². The summed E-state index contributed by atoms with van der Waals surface area (Å²) in [5, 5.41) is 16.2. The smallest absolute Gasteiger partial charge is 0.320 e. The maximum absolute atomic E-state index is 12.2. The molecule has 2 heterocycles. The summed E-state index contributed by atoms with van der Waals surface area (Å²) in [5.41, 5.74) is 1.79. The van der Waals surface area contributed by atoms with Gasteiger partial charge in [0.1, 0.15) is 5.82 Å². The molecule has 0 radical (unpaired) electrons. The van der Waals surface area contributed by atoms with Crippen molar-refractivity contribution in [2.75, 3.05) is 10.6 Å². The van der Waals surface area contributed by atoms with Crippen LogP contribution in [0.1, 0.15) is 32.6 Å². The number of hydrogen-bond donors (Lipinski definition) is 4. The Bertz CT molecular complexity index is 941. The molecule has 8 heteroatoms. The third-order valence-electron chi connectivity index (χ3n) is 4.75. The number of hydrogen-bond acceptors (Lipinski definition) is 4. The zero-order chi connectivity index (χ0) is 18.8. The third kappa shape index (κ3) is 3.99. The van der Waals surface area contributed by atoms with Gasteiger partial charge in [0.2, 0.25) is 5.91 Å². The number of nitrogens with one attached hydrogen (secondary N) is 4. The van der Waals surface area contributed by atoms with Crippen LogP contribution in [0.15, 0.2) is 36.1 Å². The number of aromatic amines is 1. The van der Waals surface area contributed by atoms with Gasteiger partial charge in [-0.1, -0.05) is 18.2 Å². The minimum absolute atomic E-state index is 0.00923. The average Bonchev–Trinajstić information content (AvgIpc) is 3.45. The molecule has 0 aliphatic heterocycles. The molecule has 0 aromatic carbocycles. The van der Waals surface area contributed by atoms with E-state index < -0.39 is 0 Å². The molecule has 1 saturated carbocycles. The first-order valence-corrected chi connectivity index (χ1v) is 9.19. The van der Waals surface area contributed by atoms with Gasteiger partial charge in [-0.2, -0.15) is 5.10 Å². The number of carbonyl (C=O) groups is 2. The van der Waals surface area contributed by atoms with Crippen LogP contribution in [-0.4, -0.2) is 33.2 Å². The van der Waals surface area contributed by atoms with Gasteiger partial charge in [-0.25, -0.2) is 9.78 Å². The van der Waals surface area contributed by atoms with Crippen molar-refractivity contribution in [3.05, 3.63) is 36.1 Å². The van der Waals surface area contributed by atoms with Gasteiger partial charge in [0.05, 0.1) is 16.9 Å². The van der Waals surface area contributed by atoms with Crippen LogP contribution in [0.2, 0.25) is 0 Å². The number of pyridine rings is 1. The maximum Gasteiger partial charge on any atom is 0.320 e. The Morgan fingerprint density at radius 2 is 2.11 bits per heavy atom. The molecule has 3 amide bonds. The Hall–Kier alpha value is -3.16. The fraction of sp³-hybridized carbons (Fsp3) is 0.368. The van der Waals surface area contributed by atoms with Crippen molar-refractivity contribution in [2.45, 2.75) is 38.6 Å². The first-order valence-electron chi connectivity index (χ1n) is 9.19.